The smallest absolute Gasteiger partial charge is 0.291 e. The predicted molar refractivity (Wildman–Crippen MR) is 75.1 cm³/mol. The van der Waals surface area contributed by atoms with Gasteiger partial charge in [0.15, 0.2) is 11.5 Å². The maximum Gasteiger partial charge on any atom is 0.291 e. The van der Waals surface area contributed by atoms with Crippen LogP contribution in [0.1, 0.15) is 45.1 Å². The van der Waals surface area contributed by atoms with Crippen LogP contribution < -0.4 is 5.32 Å². The van der Waals surface area contributed by atoms with Crippen LogP contribution in [0.15, 0.2) is 34.7 Å². The second-order valence-electron chi connectivity index (χ2n) is 5.05. The number of nitrogens with one attached hydrogen (secondary N) is 1. The number of Topliss-reactive ketones (excluding diaryl/α,β-unsaturated/α-hetero) is 1. The zero-order valence-electron chi connectivity index (χ0n) is 11.2. The van der Waals surface area contributed by atoms with Gasteiger partial charge in [-0.1, -0.05) is 12.1 Å². The predicted octanol–water partition coefficient (Wildman–Crippen LogP) is 3.36. The van der Waals surface area contributed by atoms with Crippen molar-refractivity contribution in [1.29, 1.82) is 0 Å². The maximum absolute atomic E-state index is 12.1. The molecule has 1 N–H and O–H groups in total. The number of fused-ring (bicyclic) bond motifs is 1. The van der Waals surface area contributed by atoms with Crippen molar-refractivity contribution in [3.05, 3.63) is 53.0 Å². The molecule has 0 saturated heterocycles. The summed E-state index contributed by atoms with van der Waals surface area (Å²) in [7, 11) is 0. The minimum Gasteiger partial charge on any atom is -0.455 e. The van der Waals surface area contributed by atoms with Gasteiger partial charge in [-0.3, -0.25) is 9.59 Å². The normalized spacial score (nSPS) is 13.9. The van der Waals surface area contributed by atoms with Gasteiger partial charge < -0.3 is 9.73 Å². The molecule has 0 spiro atoms. The lowest BCUT2D eigenvalue weighted by molar-refractivity contribution is 0.0963. The van der Waals surface area contributed by atoms with Gasteiger partial charge in [0.05, 0.1) is 5.56 Å². The van der Waals surface area contributed by atoms with Crippen molar-refractivity contribution < 1.29 is 14.0 Å². The number of aryl methyl sites for hydroxylation is 2. The summed E-state index contributed by atoms with van der Waals surface area (Å²) in [6, 6.07) is 9.09. The van der Waals surface area contributed by atoms with Crippen molar-refractivity contribution in [2.45, 2.75) is 26.2 Å². The highest BCUT2D eigenvalue weighted by atomic mass is 16.4. The number of carbonyl (C=O) groups excluding carboxylic acids is 2. The van der Waals surface area contributed by atoms with Crippen molar-refractivity contribution in [1.82, 2.24) is 0 Å². The van der Waals surface area contributed by atoms with Crippen LogP contribution in [0.3, 0.4) is 0 Å². The number of amides is 1. The first-order valence-electron chi connectivity index (χ1n) is 6.67. The molecule has 0 unspecified atom stereocenters. The van der Waals surface area contributed by atoms with Crippen LogP contribution in [0.4, 0.5) is 5.69 Å². The van der Waals surface area contributed by atoms with E-state index in [1.165, 1.54) is 0 Å². The van der Waals surface area contributed by atoms with Gasteiger partial charge in [-0.15, -0.1) is 0 Å². The highest BCUT2D eigenvalue weighted by Crippen LogP contribution is 2.25. The molecule has 3 rings (SSSR count). The van der Waals surface area contributed by atoms with Crippen LogP contribution in [0, 0.1) is 6.92 Å². The molecule has 102 valence electrons. The Morgan fingerprint density at radius 2 is 2.10 bits per heavy atom. The summed E-state index contributed by atoms with van der Waals surface area (Å²) < 4.78 is 5.51. The molecule has 1 amide bonds. The Morgan fingerprint density at radius 1 is 1.25 bits per heavy atom. The lowest BCUT2D eigenvalue weighted by Crippen LogP contribution is -2.11. The SMILES string of the molecule is Cc1cccc(NC(=O)c2cc3c(o2)CCCC3=O)c1. The van der Waals surface area contributed by atoms with E-state index in [-0.39, 0.29) is 17.5 Å². The van der Waals surface area contributed by atoms with Gasteiger partial charge in [0.1, 0.15) is 5.76 Å². The van der Waals surface area contributed by atoms with Crippen LogP contribution in [0.5, 0.6) is 0 Å². The van der Waals surface area contributed by atoms with E-state index in [4.69, 9.17) is 4.42 Å². The number of carbonyl (C=O) groups is 2. The number of ketones is 1. The fraction of sp³-hybridized carbons (Fsp3) is 0.250. The first-order chi connectivity index (χ1) is 9.63. The fourth-order valence-electron chi connectivity index (χ4n) is 2.42. The largest absolute Gasteiger partial charge is 0.455 e. The molecule has 4 heteroatoms. The molecule has 0 saturated carbocycles. The summed E-state index contributed by atoms with van der Waals surface area (Å²) in [5.41, 5.74) is 2.35. The Bertz CT molecular complexity index is 685. The Balaban J connectivity index is 1.83. The first-order valence-corrected chi connectivity index (χ1v) is 6.67. The van der Waals surface area contributed by atoms with Gasteiger partial charge in [-0.25, -0.2) is 0 Å². The molecule has 1 aliphatic carbocycles. The van der Waals surface area contributed by atoms with E-state index in [2.05, 4.69) is 5.32 Å². The summed E-state index contributed by atoms with van der Waals surface area (Å²) in [6.07, 6.45) is 2.04. The average molecular weight is 269 g/mol. The molecule has 1 aromatic carbocycles. The van der Waals surface area contributed by atoms with Crippen LogP contribution in [0.25, 0.3) is 0 Å². The molecular weight excluding hydrogens is 254 g/mol. The third-order valence-corrected chi connectivity index (χ3v) is 3.42. The molecule has 0 atom stereocenters. The molecule has 0 radical (unpaired) electrons. The minimum atomic E-state index is -0.321. The van der Waals surface area contributed by atoms with E-state index < -0.39 is 0 Å². The van der Waals surface area contributed by atoms with Gasteiger partial charge in [-0.2, -0.15) is 0 Å². The lowest BCUT2D eigenvalue weighted by atomic mass is 9.97. The van der Waals surface area contributed by atoms with Gasteiger partial charge in [0, 0.05) is 24.6 Å². The van der Waals surface area contributed by atoms with E-state index in [1.54, 1.807) is 6.07 Å². The Labute approximate surface area is 116 Å². The molecule has 20 heavy (non-hydrogen) atoms. The number of hydrogen-bond acceptors (Lipinski definition) is 3. The lowest BCUT2D eigenvalue weighted by Gasteiger charge is -2.06. The monoisotopic (exact) mass is 269 g/mol. The topological polar surface area (TPSA) is 59.3 Å². The van der Waals surface area contributed by atoms with Crippen LogP contribution >= 0.6 is 0 Å². The summed E-state index contributed by atoms with van der Waals surface area (Å²) in [6.45, 7) is 1.96. The van der Waals surface area contributed by atoms with Gasteiger partial charge >= 0.3 is 0 Å². The van der Waals surface area contributed by atoms with Gasteiger partial charge in [0.2, 0.25) is 0 Å². The summed E-state index contributed by atoms with van der Waals surface area (Å²) in [5, 5.41) is 2.78. The standard InChI is InChI=1S/C16H15NO3/c1-10-4-2-5-11(8-10)17-16(19)15-9-12-13(18)6-3-7-14(12)20-15/h2,4-5,8-9H,3,6-7H2,1H3,(H,17,19). The van der Waals surface area contributed by atoms with Crippen LogP contribution in [-0.2, 0) is 6.42 Å². The molecule has 0 fully saturated rings. The van der Waals surface area contributed by atoms with E-state index >= 15 is 0 Å². The van der Waals surface area contributed by atoms with E-state index in [0.29, 0.717) is 17.7 Å². The summed E-state index contributed by atoms with van der Waals surface area (Å²) in [5.74, 6) is 0.574. The molecule has 1 aromatic heterocycles. The van der Waals surface area contributed by atoms with Crippen LogP contribution in [-0.4, -0.2) is 11.7 Å². The first kappa shape index (κ1) is 12.7. The van der Waals surface area contributed by atoms with Crippen molar-refractivity contribution in [3.63, 3.8) is 0 Å². The Hall–Kier alpha value is -2.36. The second kappa shape index (κ2) is 4.96. The summed E-state index contributed by atoms with van der Waals surface area (Å²) >= 11 is 0. The molecule has 4 nitrogen and oxygen atoms in total. The number of rotatable bonds is 2. The fourth-order valence-corrected chi connectivity index (χ4v) is 2.42. The second-order valence-corrected chi connectivity index (χ2v) is 5.05. The third kappa shape index (κ3) is 2.37. The van der Waals surface area contributed by atoms with Crippen molar-refractivity contribution in [2.75, 3.05) is 5.32 Å². The number of benzene rings is 1. The third-order valence-electron chi connectivity index (χ3n) is 3.42. The molecule has 2 aromatic rings. The average Bonchev–Trinajstić information content (AvgIpc) is 2.84. The van der Waals surface area contributed by atoms with E-state index in [0.717, 1.165) is 24.1 Å². The number of furan rings is 1. The highest BCUT2D eigenvalue weighted by Gasteiger charge is 2.24. The number of anilines is 1. The maximum atomic E-state index is 12.1. The van der Waals surface area contributed by atoms with Crippen molar-refractivity contribution in [2.24, 2.45) is 0 Å². The molecule has 0 aliphatic heterocycles. The Morgan fingerprint density at radius 3 is 2.85 bits per heavy atom. The molecule has 0 bridgehead atoms. The van der Waals surface area contributed by atoms with E-state index in [1.807, 2.05) is 31.2 Å². The summed E-state index contributed by atoms with van der Waals surface area (Å²) in [4.78, 5) is 23.9. The molecular formula is C16H15NO3. The van der Waals surface area contributed by atoms with Gasteiger partial charge in [0.25, 0.3) is 5.91 Å². The minimum absolute atomic E-state index is 0.0598. The number of hydrogen-bond donors (Lipinski definition) is 1. The zero-order chi connectivity index (χ0) is 14.1. The molecule has 1 heterocycles. The van der Waals surface area contributed by atoms with Gasteiger partial charge in [-0.05, 0) is 31.0 Å². The Kier molecular flexibility index (Phi) is 3.14. The zero-order valence-corrected chi connectivity index (χ0v) is 11.2. The quantitative estimate of drug-likeness (QED) is 0.909. The highest BCUT2D eigenvalue weighted by molar-refractivity contribution is 6.05. The van der Waals surface area contributed by atoms with Crippen LogP contribution in [0.2, 0.25) is 0 Å². The molecule has 1 aliphatic rings. The van der Waals surface area contributed by atoms with E-state index in [9.17, 15) is 9.59 Å². The van der Waals surface area contributed by atoms with Crippen molar-refractivity contribution >= 4 is 17.4 Å². The van der Waals surface area contributed by atoms with Crippen molar-refractivity contribution in [3.8, 4) is 0 Å².